The molecule has 0 saturated carbocycles. The molecule has 1 aromatic carbocycles. The van der Waals surface area contributed by atoms with Crippen LogP contribution >= 0.6 is 0 Å². The van der Waals surface area contributed by atoms with Crippen LogP contribution in [-0.2, 0) is 19.1 Å². The molecule has 0 aliphatic carbocycles. The first kappa shape index (κ1) is 23.5. The average Bonchev–Trinajstić information content (AvgIpc) is 2.73. The maximum Gasteiger partial charge on any atom is 0.308 e. The lowest BCUT2D eigenvalue weighted by atomic mass is 10.1. The zero-order valence-electron chi connectivity index (χ0n) is 18.1. The minimum Gasteiger partial charge on any atom is -0.491 e. The molecule has 1 aromatic rings. The quantitative estimate of drug-likeness (QED) is 0.422. The largest absolute Gasteiger partial charge is 0.491 e. The van der Waals surface area contributed by atoms with Crippen LogP contribution in [0.4, 0.5) is 5.69 Å². The highest BCUT2D eigenvalue weighted by Crippen LogP contribution is 2.24. The van der Waals surface area contributed by atoms with Crippen molar-refractivity contribution in [2.45, 2.75) is 46.1 Å². The molecule has 2 N–H and O–H groups in total. The van der Waals surface area contributed by atoms with E-state index in [-0.39, 0.29) is 37.3 Å². The molecule has 8 heteroatoms. The van der Waals surface area contributed by atoms with Crippen molar-refractivity contribution < 1.29 is 23.9 Å². The third kappa shape index (κ3) is 7.24. The van der Waals surface area contributed by atoms with Crippen LogP contribution in [-0.4, -0.2) is 61.6 Å². The summed E-state index contributed by atoms with van der Waals surface area (Å²) in [6.07, 6.45) is 1.83. The summed E-state index contributed by atoms with van der Waals surface area (Å²) in [6.45, 7) is 7.57. The molecule has 0 radical (unpaired) electrons. The SMILES string of the molecule is CCCCOc1ccccc1NCC(=O)N1CCNC(=O)C1CC(=O)OCC(C)C. The smallest absolute Gasteiger partial charge is 0.308 e. The molecular formula is C22H33N3O5. The number of amides is 2. The third-order valence-corrected chi connectivity index (χ3v) is 4.66. The van der Waals surface area contributed by atoms with Gasteiger partial charge >= 0.3 is 5.97 Å². The van der Waals surface area contributed by atoms with Crippen LogP contribution in [0.2, 0.25) is 0 Å². The first-order valence-electron chi connectivity index (χ1n) is 10.6. The lowest BCUT2D eigenvalue weighted by Gasteiger charge is -2.34. The zero-order valence-corrected chi connectivity index (χ0v) is 18.1. The zero-order chi connectivity index (χ0) is 21.9. The van der Waals surface area contributed by atoms with Crippen molar-refractivity contribution in [2.75, 3.05) is 38.2 Å². The third-order valence-electron chi connectivity index (χ3n) is 4.66. The van der Waals surface area contributed by atoms with Crippen LogP contribution in [0.15, 0.2) is 24.3 Å². The van der Waals surface area contributed by atoms with Gasteiger partial charge in [0.2, 0.25) is 11.8 Å². The van der Waals surface area contributed by atoms with Crippen LogP contribution in [0.3, 0.4) is 0 Å². The second kappa shape index (κ2) is 12.0. The van der Waals surface area contributed by atoms with Crippen LogP contribution < -0.4 is 15.4 Å². The van der Waals surface area contributed by atoms with E-state index in [4.69, 9.17) is 9.47 Å². The van der Waals surface area contributed by atoms with Gasteiger partial charge in [0.25, 0.3) is 0 Å². The number of unbranched alkanes of at least 4 members (excludes halogenated alkanes) is 1. The summed E-state index contributed by atoms with van der Waals surface area (Å²) in [5.41, 5.74) is 0.719. The van der Waals surface area contributed by atoms with E-state index in [0.29, 0.717) is 25.4 Å². The predicted octanol–water partition coefficient (Wildman–Crippen LogP) is 2.19. The van der Waals surface area contributed by atoms with Crippen molar-refractivity contribution in [3.63, 3.8) is 0 Å². The van der Waals surface area contributed by atoms with Gasteiger partial charge in [-0.2, -0.15) is 0 Å². The van der Waals surface area contributed by atoms with E-state index in [2.05, 4.69) is 17.6 Å². The van der Waals surface area contributed by atoms with E-state index < -0.39 is 12.0 Å². The summed E-state index contributed by atoms with van der Waals surface area (Å²) >= 11 is 0. The number of hydrogen-bond donors (Lipinski definition) is 2. The van der Waals surface area contributed by atoms with Crippen LogP contribution in [0, 0.1) is 5.92 Å². The number of ether oxygens (including phenoxy) is 2. The monoisotopic (exact) mass is 419 g/mol. The summed E-state index contributed by atoms with van der Waals surface area (Å²) < 4.78 is 11.0. The molecule has 2 rings (SSSR count). The van der Waals surface area contributed by atoms with Gasteiger partial charge < -0.3 is 25.0 Å². The molecule has 0 bridgehead atoms. The molecule has 1 aliphatic rings. The standard InChI is InChI=1S/C22H33N3O5/c1-4-5-12-29-19-9-7-6-8-17(19)24-14-20(26)25-11-10-23-22(28)18(25)13-21(27)30-15-16(2)3/h6-9,16,18,24H,4-5,10-15H2,1-3H3,(H,23,28). The normalized spacial score (nSPS) is 16.2. The molecule has 1 saturated heterocycles. The Hall–Kier alpha value is -2.77. The Kier molecular flexibility index (Phi) is 9.44. The van der Waals surface area contributed by atoms with Gasteiger partial charge in [-0.25, -0.2) is 0 Å². The Morgan fingerprint density at radius 3 is 2.80 bits per heavy atom. The van der Waals surface area contributed by atoms with E-state index in [9.17, 15) is 14.4 Å². The number of piperazine rings is 1. The fourth-order valence-electron chi connectivity index (χ4n) is 3.03. The number of esters is 1. The van der Waals surface area contributed by atoms with E-state index in [1.54, 1.807) is 0 Å². The Balaban J connectivity index is 1.97. The summed E-state index contributed by atoms with van der Waals surface area (Å²) in [4.78, 5) is 38.7. The number of nitrogens with one attached hydrogen (secondary N) is 2. The fraction of sp³-hybridized carbons (Fsp3) is 0.591. The van der Waals surface area contributed by atoms with Crippen LogP contribution in [0.5, 0.6) is 5.75 Å². The van der Waals surface area contributed by atoms with Gasteiger partial charge in [0.05, 0.1) is 31.9 Å². The van der Waals surface area contributed by atoms with E-state index in [0.717, 1.165) is 18.5 Å². The van der Waals surface area contributed by atoms with Crippen molar-refractivity contribution in [3.05, 3.63) is 24.3 Å². The van der Waals surface area contributed by atoms with Gasteiger partial charge in [-0.15, -0.1) is 0 Å². The summed E-state index contributed by atoms with van der Waals surface area (Å²) in [6, 6.07) is 6.58. The number of rotatable bonds is 11. The number of nitrogens with zero attached hydrogens (tertiary/aromatic N) is 1. The minimum atomic E-state index is -0.858. The molecule has 30 heavy (non-hydrogen) atoms. The van der Waals surface area contributed by atoms with Gasteiger partial charge in [0, 0.05) is 13.1 Å². The van der Waals surface area contributed by atoms with E-state index >= 15 is 0 Å². The van der Waals surface area contributed by atoms with Crippen molar-refractivity contribution in [1.82, 2.24) is 10.2 Å². The van der Waals surface area contributed by atoms with Crippen molar-refractivity contribution in [3.8, 4) is 5.75 Å². The summed E-state index contributed by atoms with van der Waals surface area (Å²) in [5.74, 6) is -0.180. The molecule has 1 atom stereocenters. The second-order valence-electron chi connectivity index (χ2n) is 7.73. The second-order valence-corrected chi connectivity index (χ2v) is 7.73. The van der Waals surface area contributed by atoms with Crippen molar-refractivity contribution >= 4 is 23.5 Å². The molecule has 0 spiro atoms. The summed E-state index contributed by atoms with van der Waals surface area (Å²) in [5, 5.41) is 5.82. The van der Waals surface area contributed by atoms with E-state index in [1.807, 2.05) is 38.1 Å². The topological polar surface area (TPSA) is 97.0 Å². The molecular weight excluding hydrogens is 386 g/mol. The van der Waals surface area contributed by atoms with Crippen molar-refractivity contribution in [2.24, 2.45) is 5.92 Å². The molecule has 1 aliphatic heterocycles. The highest BCUT2D eigenvalue weighted by atomic mass is 16.5. The fourth-order valence-corrected chi connectivity index (χ4v) is 3.03. The predicted molar refractivity (Wildman–Crippen MR) is 114 cm³/mol. The first-order valence-corrected chi connectivity index (χ1v) is 10.6. The van der Waals surface area contributed by atoms with Crippen LogP contribution in [0.1, 0.15) is 40.0 Å². The number of hydrogen-bond acceptors (Lipinski definition) is 6. The van der Waals surface area contributed by atoms with Gasteiger partial charge in [0.15, 0.2) is 0 Å². The van der Waals surface area contributed by atoms with Gasteiger partial charge in [-0.05, 0) is 24.5 Å². The molecule has 166 valence electrons. The Labute approximate surface area is 178 Å². The minimum absolute atomic E-state index is 0.00102. The van der Waals surface area contributed by atoms with Crippen LogP contribution in [0.25, 0.3) is 0 Å². The Morgan fingerprint density at radius 1 is 1.30 bits per heavy atom. The first-order chi connectivity index (χ1) is 14.4. The lowest BCUT2D eigenvalue weighted by molar-refractivity contribution is -0.152. The number of para-hydroxylation sites is 2. The number of anilines is 1. The average molecular weight is 420 g/mol. The highest BCUT2D eigenvalue weighted by molar-refractivity contribution is 5.93. The lowest BCUT2D eigenvalue weighted by Crippen LogP contribution is -2.58. The Bertz CT molecular complexity index is 722. The maximum atomic E-state index is 12.8. The number of carbonyl (C=O) groups is 3. The molecule has 2 amide bonds. The van der Waals surface area contributed by atoms with Gasteiger partial charge in [0.1, 0.15) is 11.8 Å². The van der Waals surface area contributed by atoms with Gasteiger partial charge in [-0.3, -0.25) is 14.4 Å². The molecule has 1 unspecified atom stereocenters. The molecule has 1 heterocycles. The number of benzene rings is 1. The Morgan fingerprint density at radius 2 is 2.07 bits per heavy atom. The molecule has 8 nitrogen and oxygen atoms in total. The molecule has 0 aromatic heterocycles. The summed E-state index contributed by atoms with van der Waals surface area (Å²) in [7, 11) is 0. The van der Waals surface area contributed by atoms with E-state index in [1.165, 1.54) is 4.90 Å². The number of carbonyl (C=O) groups excluding carboxylic acids is 3. The van der Waals surface area contributed by atoms with Crippen molar-refractivity contribution in [1.29, 1.82) is 0 Å². The highest BCUT2D eigenvalue weighted by Gasteiger charge is 2.35. The van der Waals surface area contributed by atoms with Gasteiger partial charge in [-0.1, -0.05) is 39.3 Å². The maximum absolute atomic E-state index is 12.8. The molecule has 1 fully saturated rings.